The van der Waals surface area contributed by atoms with Crippen LogP contribution in [-0.2, 0) is 11.3 Å². The first kappa shape index (κ1) is 10.1. The van der Waals surface area contributed by atoms with Crippen LogP contribution in [0.3, 0.4) is 0 Å². The Bertz CT molecular complexity index is 327. The van der Waals surface area contributed by atoms with Gasteiger partial charge in [0.15, 0.2) is 6.33 Å². The van der Waals surface area contributed by atoms with Crippen LogP contribution in [0.25, 0.3) is 0 Å². The number of aliphatic carboxylic acids is 1. The van der Waals surface area contributed by atoms with E-state index < -0.39 is 12.0 Å². The van der Waals surface area contributed by atoms with Gasteiger partial charge < -0.3 is 14.9 Å². The molecule has 7 heteroatoms. The minimum atomic E-state index is -0.832. The number of carboxylic acid groups (broad SMARTS) is 1. The van der Waals surface area contributed by atoms with Gasteiger partial charge in [0.2, 0.25) is 5.89 Å². The number of hydrogen-bond donors (Lipinski definition) is 2. The van der Waals surface area contributed by atoms with E-state index >= 15 is 0 Å². The summed E-state index contributed by atoms with van der Waals surface area (Å²) in [6, 6.07) is -0.523. The van der Waals surface area contributed by atoms with Crippen molar-refractivity contribution in [2.45, 2.75) is 12.6 Å². The van der Waals surface area contributed by atoms with Gasteiger partial charge in [0, 0.05) is 19.6 Å². The fourth-order valence-electron chi connectivity index (χ4n) is 1.62. The molecule has 1 unspecified atom stereocenters. The highest BCUT2D eigenvalue weighted by molar-refractivity contribution is 5.73. The second-order valence-electron chi connectivity index (χ2n) is 3.36. The molecule has 0 radical (unpaired) electrons. The van der Waals surface area contributed by atoms with Crippen LogP contribution in [0.2, 0.25) is 0 Å². The summed E-state index contributed by atoms with van der Waals surface area (Å²) in [5.74, 6) is -0.384. The van der Waals surface area contributed by atoms with Gasteiger partial charge in [-0.3, -0.25) is 9.69 Å². The number of nitrogens with zero attached hydrogens (tertiary/aromatic N) is 3. The Kier molecular flexibility index (Phi) is 2.93. The molecule has 0 aliphatic carbocycles. The van der Waals surface area contributed by atoms with Crippen LogP contribution in [0.5, 0.6) is 0 Å². The molecular weight excluding hydrogens is 200 g/mol. The van der Waals surface area contributed by atoms with Gasteiger partial charge in [0.05, 0.1) is 6.54 Å². The van der Waals surface area contributed by atoms with Gasteiger partial charge in [0.25, 0.3) is 0 Å². The predicted molar refractivity (Wildman–Crippen MR) is 49.0 cm³/mol. The third-order valence-corrected chi connectivity index (χ3v) is 2.38. The lowest BCUT2D eigenvalue weighted by molar-refractivity contribution is -0.144. The van der Waals surface area contributed by atoms with E-state index in [1.54, 1.807) is 0 Å². The van der Waals surface area contributed by atoms with Crippen LogP contribution in [-0.4, -0.2) is 51.8 Å². The van der Waals surface area contributed by atoms with Crippen LogP contribution >= 0.6 is 0 Å². The molecule has 2 heterocycles. The molecule has 15 heavy (non-hydrogen) atoms. The van der Waals surface area contributed by atoms with Gasteiger partial charge in [-0.15, -0.1) is 0 Å². The van der Waals surface area contributed by atoms with Crippen molar-refractivity contribution in [2.24, 2.45) is 0 Å². The summed E-state index contributed by atoms with van der Waals surface area (Å²) in [4.78, 5) is 16.6. The van der Waals surface area contributed by atoms with Crippen LogP contribution < -0.4 is 5.32 Å². The van der Waals surface area contributed by atoms with Crippen molar-refractivity contribution in [3.63, 3.8) is 0 Å². The Labute approximate surface area is 86.1 Å². The number of aromatic nitrogens is 2. The van der Waals surface area contributed by atoms with Crippen molar-refractivity contribution in [3.8, 4) is 0 Å². The first-order chi connectivity index (χ1) is 7.27. The molecular formula is C8H12N4O3. The maximum atomic E-state index is 10.9. The maximum Gasteiger partial charge on any atom is 0.322 e. The zero-order chi connectivity index (χ0) is 10.7. The Hall–Kier alpha value is -1.47. The SMILES string of the molecule is O=C(O)C1CNCCN1Cc1ncno1. The molecule has 1 saturated heterocycles. The molecule has 1 aliphatic rings. The Balaban J connectivity index is 2.02. The summed E-state index contributed by atoms with van der Waals surface area (Å²) in [6.45, 7) is 2.28. The molecule has 2 rings (SSSR count). The molecule has 82 valence electrons. The number of piperazine rings is 1. The highest BCUT2D eigenvalue weighted by Crippen LogP contribution is 2.08. The summed E-state index contributed by atoms with van der Waals surface area (Å²) in [5, 5.41) is 15.5. The number of nitrogens with one attached hydrogen (secondary N) is 1. The van der Waals surface area contributed by atoms with Crippen molar-refractivity contribution in [3.05, 3.63) is 12.2 Å². The molecule has 1 fully saturated rings. The third kappa shape index (κ3) is 2.31. The lowest BCUT2D eigenvalue weighted by Crippen LogP contribution is -2.54. The number of carboxylic acids is 1. The molecule has 0 aromatic carbocycles. The molecule has 0 spiro atoms. The number of hydrogen-bond acceptors (Lipinski definition) is 6. The Morgan fingerprint density at radius 2 is 2.67 bits per heavy atom. The molecule has 1 aliphatic heterocycles. The summed E-state index contributed by atoms with van der Waals surface area (Å²) in [6.07, 6.45) is 1.31. The van der Waals surface area contributed by atoms with E-state index in [0.29, 0.717) is 25.5 Å². The van der Waals surface area contributed by atoms with Crippen molar-refractivity contribution in [1.29, 1.82) is 0 Å². The lowest BCUT2D eigenvalue weighted by atomic mass is 10.2. The van der Waals surface area contributed by atoms with E-state index in [9.17, 15) is 4.79 Å². The second kappa shape index (κ2) is 4.37. The van der Waals surface area contributed by atoms with Crippen molar-refractivity contribution >= 4 is 5.97 Å². The zero-order valence-electron chi connectivity index (χ0n) is 8.09. The fraction of sp³-hybridized carbons (Fsp3) is 0.625. The van der Waals surface area contributed by atoms with Crippen LogP contribution in [0.15, 0.2) is 10.9 Å². The van der Waals surface area contributed by atoms with E-state index in [1.165, 1.54) is 6.33 Å². The average molecular weight is 212 g/mol. The first-order valence-corrected chi connectivity index (χ1v) is 4.70. The molecule has 0 amide bonds. The van der Waals surface area contributed by atoms with Gasteiger partial charge >= 0.3 is 5.97 Å². The van der Waals surface area contributed by atoms with E-state index in [0.717, 1.165) is 6.54 Å². The molecule has 0 bridgehead atoms. The van der Waals surface area contributed by atoms with E-state index in [2.05, 4.69) is 15.5 Å². The molecule has 0 saturated carbocycles. The van der Waals surface area contributed by atoms with Gasteiger partial charge in [-0.05, 0) is 0 Å². The fourth-order valence-corrected chi connectivity index (χ4v) is 1.62. The van der Waals surface area contributed by atoms with Gasteiger partial charge in [-0.2, -0.15) is 4.98 Å². The number of rotatable bonds is 3. The Morgan fingerprint density at radius 1 is 1.80 bits per heavy atom. The van der Waals surface area contributed by atoms with Gasteiger partial charge in [-0.25, -0.2) is 0 Å². The monoisotopic (exact) mass is 212 g/mol. The molecule has 1 aromatic rings. The van der Waals surface area contributed by atoms with Crippen LogP contribution in [0.1, 0.15) is 5.89 Å². The molecule has 2 N–H and O–H groups in total. The molecule has 1 aromatic heterocycles. The van der Waals surface area contributed by atoms with Gasteiger partial charge in [0.1, 0.15) is 6.04 Å². The van der Waals surface area contributed by atoms with Crippen LogP contribution in [0, 0.1) is 0 Å². The largest absolute Gasteiger partial charge is 0.480 e. The molecule has 7 nitrogen and oxygen atoms in total. The maximum absolute atomic E-state index is 10.9. The minimum absolute atomic E-state index is 0.388. The van der Waals surface area contributed by atoms with Crippen molar-refractivity contribution < 1.29 is 14.4 Å². The van der Waals surface area contributed by atoms with Crippen LogP contribution in [0.4, 0.5) is 0 Å². The highest BCUT2D eigenvalue weighted by Gasteiger charge is 2.29. The summed E-state index contributed by atoms with van der Waals surface area (Å²) < 4.78 is 4.85. The van der Waals surface area contributed by atoms with Gasteiger partial charge in [-0.1, -0.05) is 5.16 Å². The minimum Gasteiger partial charge on any atom is -0.480 e. The first-order valence-electron chi connectivity index (χ1n) is 4.70. The highest BCUT2D eigenvalue weighted by atomic mass is 16.5. The van der Waals surface area contributed by atoms with E-state index in [-0.39, 0.29) is 0 Å². The smallest absolute Gasteiger partial charge is 0.322 e. The normalized spacial score (nSPS) is 22.8. The lowest BCUT2D eigenvalue weighted by Gasteiger charge is -2.32. The third-order valence-electron chi connectivity index (χ3n) is 2.38. The van der Waals surface area contributed by atoms with Crippen molar-refractivity contribution in [2.75, 3.05) is 19.6 Å². The summed E-state index contributed by atoms with van der Waals surface area (Å²) in [5.41, 5.74) is 0. The summed E-state index contributed by atoms with van der Waals surface area (Å²) in [7, 11) is 0. The average Bonchev–Trinajstić information content (AvgIpc) is 2.71. The predicted octanol–water partition coefficient (Wildman–Crippen LogP) is -1.07. The quantitative estimate of drug-likeness (QED) is 0.659. The standard InChI is InChI=1S/C8H12N4O3/c13-8(14)6-3-9-1-2-12(6)4-7-10-5-11-15-7/h5-6,9H,1-4H2,(H,13,14). The zero-order valence-corrected chi connectivity index (χ0v) is 8.09. The van der Waals surface area contributed by atoms with Crippen molar-refractivity contribution in [1.82, 2.24) is 20.4 Å². The number of carbonyl (C=O) groups is 1. The topological polar surface area (TPSA) is 91.5 Å². The summed E-state index contributed by atoms with van der Waals surface area (Å²) >= 11 is 0. The molecule has 1 atom stereocenters. The second-order valence-corrected chi connectivity index (χ2v) is 3.36. The van der Waals surface area contributed by atoms with E-state index in [4.69, 9.17) is 9.63 Å². The van der Waals surface area contributed by atoms with E-state index in [1.807, 2.05) is 4.90 Å². The Morgan fingerprint density at radius 3 is 3.33 bits per heavy atom.